The Morgan fingerprint density at radius 1 is 1.30 bits per heavy atom. The van der Waals surface area contributed by atoms with Crippen molar-refractivity contribution < 1.29 is 4.79 Å². The van der Waals surface area contributed by atoms with Crippen LogP contribution in [-0.4, -0.2) is 21.9 Å². The highest BCUT2D eigenvalue weighted by Crippen LogP contribution is 2.09. The number of H-pyrrole nitrogens is 1. The monoisotopic (exact) mass is 314 g/mol. The quantitative estimate of drug-likeness (QED) is 0.789. The molecule has 23 heavy (non-hydrogen) atoms. The summed E-state index contributed by atoms with van der Waals surface area (Å²) in [6, 6.07) is 5.46. The number of anilines is 1. The van der Waals surface area contributed by atoms with Crippen molar-refractivity contribution in [2.24, 2.45) is 0 Å². The molecule has 0 radical (unpaired) electrons. The summed E-state index contributed by atoms with van der Waals surface area (Å²) in [7, 11) is 0. The van der Waals surface area contributed by atoms with Gasteiger partial charge in [0, 0.05) is 35.6 Å². The van der Waals surface area contributed by atoms with Crippen LogP contribution in [0.25, 0.3) is 0 Å². The topological polar surface area (TPSA) is 86.9 Å². The molecule has 2 rings (SSSR count). The minimum Gasteiger partial charge on any atom is -0.368 e. The van der Waals surface area contributed by atoms with Crippen molar-refractivity contribution in [2.45, 2.75) is 40.3 Å². The summed E-state index contributed by atoms with van der Waals surface area (Å²) in [4.78, 5) is 31.1. The Morgan fingerprint density at radius 2 is 2.04 bits per heavy atom. The average Bonchev–Trinajstić information content (AvgIpc) is 2.45. The van der Waals surface area contributed by atoms with Crippen molar-refractivity contribution in [1.82, 2.24) is 15.3 Å². The second kappa shape index (κ2) is 7.09. The van der Waals surface area contributed by atoms with Crippen molar-refractivity contribution in [3.63, 3.8) is 0 Å². The first-order valence-corrected chi connectivity index (χ1v) is 7.57. The predicted octanol–water partition coefficient (Wildman–Crippen LogP) is 2.14. The van der Waals surface area contributed by atoms with Gasteiger partial charge in [-0.3, -0.25) is 9.59 Å². The smallest absolute Gasteiger partial charge is 0.253 e. The van der Waals surface area contributed by atoms with Gasteiger partial charge in [-0.15, -0.1) is 0 Å². The Balaban J connectivity index is 2.10. The van der Waals surface area contributed by atoms with E-state index in [4.69, 9.17) is 0 Å². The van der Waals surface area contributed by atoms with Crippen molar-refractivity contribution in [3.8, 4) is 0 Å². The largest absolute Gasteiger partial charge is 0.368 e. The molecule has 0 fully saturated rings. The number of pyridine rings is 2. The lowest BCUT2D eigenvalue weighted by molar-refractivity contribution is 0.0950. The summed E-state index contributed by atoms with van der Waals surface area (Å²) in [6.45, 7) is 7.88. The van der Waals surface area contributed by atoms with Gasteiger partial charge in [0.15, 0.2) is 0 Å². The molecular formula is C17H22N4O2. The van der Waals surface area contributed by atoms with Gasteiger partial charge in [0.05, 0.1) is 0 Å². The van der Waals surface area contributed by atoms with Gasteiger partial charge in [-0.2, -0.15) is 0 Å². The van der Waals surface area contributed by atoms with E-state index >= 15 is 0 Å². The summed E-state index contributed by atoms with van der Waals surface area (Å²) in [6.07, 6.45) is 1.59. The predicted molar refractivity (Wildman–Crippen MR) is 90.7 cm³/mol. The fraction of sp³-hybridized carbons (Fsp3) is 0.353. The number of hydrogen-bond acceptors (Lipinski definition) is 4. The maximum Gasteiger partial charge on any atom is 0.253 e. The highest BCUT2D eigenvalue weighted by atomic mass is 16.1. The molecule has 2 aromatic heterocycles. The lowest BCUT2D eigenvalue weighted by Crippen LogP contribution is -2.28. The highest BCUT2D eigenvalue weighted by Gasteiger charge is 2.10. The molecule has 3 N–H and O–H groups in total. The molecule has 0 aromatic carbocycles. The first kappa shape index (κ1) is 16.7. The van der Waals surface area contributed by atoms with Crippen LogP contribution in [0.5, 0.6) is 0 Å². The highest BCUT2D eigenvalue weighted by molar-refractivity contribution is 5.94. The molecule has 0 aliphatic carbocycles. The van der Waals surface area contributed by atoms with E-state index in [1.165, 1.54) is 0 Å². The second-order valence-electron chi connectivity index (χ2n) is 5.85. The summed E-state index contributed by atoms with van der Waals surface area (Å²) in [5.74, 6) is 0.413. The Labute approximate surface area is 135 Å². The Bertz CT molecular complexity index is 765. The summed E-state index contributed by atoms with van der Waals surface area (Å²) in [5, 5.41) is 5.93. The van der Waals surface area contributed by atoms with Gasteiger partial charge >= 0.3 is 0 Å². The van der Waals surface area contributed by atoms with Gasteiger partial charge in [-0.1, -0.05) is 0 Å². The molecule has 0 spiro atoms. The molecule has 1 amide bonds. The molecule has 2 aromatic rings. The second-order valence-corrected chi connectivity index (χ2v) is 5.85. The molecule has 0 atom stereocenters. The lowest BCUT2D eigenvalue weighted by Gasteiger charge is -2.11. The SMILES string of the molecule is Cc1cc(C)c(CNC(=O)c2ccnc(NC(C)C)c2)c(=O)[nH]1. The van der Waals surface area contributed by atoms with E-state index in [-0.39, 0.29) is 24.1 Å². The molecule has 0 aliphatic heterocycles. The van der Waals surface area contributed by atoms with Gasteiger partial charge in [0.1, 0.15) is 5.82 Å². The molecular weight excluding hydrogens is 292 g/mol. The van der Waals surface area contributed by atoms with Gasteiger partial charge in [-0.05, 0) is 51.5 Å². The summed E-state index contributed by atoms with van der Waals surface area (Å²) in [5.41, 5.74) is 2.58. The molecule has 0 bridgehead atoms. The van der Waals surface area contributed by atoms with E-state index in [9.17, 15) is 9.59 Å². The van der Waals surface area contributed by atoms with Crippen molar-refractivity contribution in [1.29, 1.82) is 0 Å². The minimum absolute atomic E-state index is 0.167. The van der Waals surface area contributed by atoms with Crippen LogP contribution in [0.4, 0.5) is 5.82 Å². The van der Waals surface area contributed by atoms with Gasteiger partial charge in [0.2, 0.25) is 0 Å². The molecule has 0 aliphatic rings. The number of aromatic nitrogens is 2. The molecule has 122 valence electrons. The van der Waals surface area contributed by atoms with Gasteiger partial charge in [0.25, 0.3) is 11.5 Å². The van der Waals surface area contributed by atoms with Crippen LogP contribution in [0, 0.1) is 13.8 Å². The van der Waals surface area contributed by atoms with E-state index in [1.807, 2.05) is 33.8 Å². The number of hydrogen-bond donors (Lipinski definition) is 3. The number of rotatable bonds is 5. The van der Waals surface area contributed by atoms with E-state index in [0.29, 0.717) is 16.9 Å². The van der Waals surface area contributed by atoms with E-state index in [2.05, 4.69) is 20.6 Å². The van der Waals surface area contributed by atoms with Crippen molar-refractivity contribution in [3.05, 3.63) is 57.1 Å². The zero-order chi connectivity index (χ0) is 17.0. The maximum atomic E-state index is 12.3. The molecule has 2 heterocycles. The van der Waals surface area contributed by atoms with Crippen LogP contribution in [0.3, 0.4) is 0 Å². The third-order valence-electron chi connectivity index (χ3n) is 3.38. The lowest BCUT2D eigenvalue weighted by atomic mass is 10.1. The normalized spacial score (nSPS) is 10.7. The number of amides is 1. The molecule has 0 saturated carbocycles. The minimum atomic E-state index is -0.237. The zero-order valence-electron chi connectivity index (χ0n) is 13.9. The van der Waals surface area contributed by atoms with Crippen molar-refractivity contribution in [2.75, 3.05) is 5.32 Å². The number of carbonyl (C=O) groups is 1. The van der Waals surface area contributed by atoms with Crippen LogP contribution in [0.1, 0.15) is 41.0 Å². The van der Waals surface area contributed by atoms with Crippen LogP contribution in [0.2, 0.25) is 0 Å². The Kier molecular flexibility index (Phi) is 5.16. The Morgan fingerprint density at radius 3 is 2.70 bits per heavy atom. The van der Waals surface area contributed by atoms with Gasteiger partial charge in [-0.25, -0.2) is 4.98 Å². The van der Waals surface area contributed by atoms with E-state index in [1.54, 1.807) is 18.3 Å². The number of nitrogens with one attached hydrogen (secondary N) is 3. The van der Waals surface area contributed by atoms with E-state index in [0.717, 1.165) is 11.3 Å². The molecule has 6 nitrogen and oxygen atoms in total. The number of carbonyl (C=O) groups excluding carboxylic acids is 1. The first-order valence-electron chi connectivity index (χ1n) is 7.57. The third kappa shape index (κ3) is 4.42. The standard InChI is InChI=1S/C17H22N4O2/c1-10(2)20-15-8-13(5-6-18-15)16(22)19-9-14-11(3)7-12(4)21-17(14)23/h5-8,10H,9H2,1-4H3,(H,18,20)(H,19,22)(H,21,23). The first-order chi connectivity index (χ1) is 10.9. The Hall–Kier alpha value is -2.63. The average molecular weight is 314 g/mol. The fourth-order valence-electron chi connectivity index (χ4n) is 2.32. The van der Waals surface area contributed by atoms with Crippen LogP contribution >= 0.6 is 0 Å². The molecule has 0 unspecified atom stereocenters. The number of nitrogens with zero attached hydrogens (tertiary/aromatic N) is 1. The van der Waals surface area contributed by atoms with Crippen molar-refractivity contribution >= 4 is 11.7 Å². The number of aryl methyl sites for hydroxylation is 2. The fourth-order valence-corrected chi connectivity index (χ4v) is 2.32. The molecule has 0 saturated heterocycles. The molecule has 6 heteroatoms. The summed E-state index contributed by atoms with van der Waals surface area (Å²) < 4.78 is 0. The third-order valence-corrected chi connectivity index (χ3v) is 3.38. The van der Waals surface area contributed by atoms with Crippen LogP contribution < -0.4 is 16.2 Å². The van der Waals surface area contributed by atoms with Crippen LogP contribution in [-0.2, 0) is 6.54 Å². The zero-order valence-corrected chi connectivity index (χ0v) is 13.9. The van der Waals surface area contributed by atoms with E-state index < -0.39 is 0 Å². The van der Waals surface area contributed by atoms with Gasteiger partial charge < -0.3 is 15.6 Å². The summed E-state index contributed by atoms with van der Waals surface area (Å²) >= 11 is 0. The number of aromatic amines is 1. The maximum absolute atomic E-state index is 12.3. The van der Waals surface area contributed by atoms with Crippen LogP contribution in [0.15, 0.2) is 29.2 Å².